The van der Waals surface area contributed by atoms with Crippen LogP contribution >= 0.6 is 0 Å². The number of nitrogens with two attached hydrogens (primary N) is 3. The van der Waals surface area contributed by atoms with Gasteiger partial charge < -0.3 is 37.5 Å². The number of piperidine rings is 1. The zero-order valence-corrected chi connectivity index (χ0v) is 24.8. The van der Waals surface area contributed by atoms with Crippen molar-refractivity contribution in [3.05, 3.63) is 35.9 Å². The first kappa shape index (κ1) is 38.4. The molecule has 1 aromatic rings. The van der Waals surface area contributed by atoms with E-state index in [1.54, 1.807) is 30.3 Å². The first-order valence-electron chi connectivity index (χ1n) is 14.4. The molecule has 8 N–H and O–H groups in total. The predicted octanol–water partition coefficient (Wildman–Crippen LogP) is 0.950. The summed E-state index contributed by atoms with van der Waals surface area (Å²) in [7, 11) is 0. The molecule has 1 heterocycles. The molecule has 1 aliphatic heterocycles. The molecule has 12 nitrogen and oxygen atoms in total. The monoisotopic (exact) mass is 668 g/mol. The number of nitrogens with zero attached hydrogens (tertiary/aromatic N) is 1. The number of amides is 3. The molecule has 0 radical (unpaired) electrons. The summed E-state index contributed by atoms with van der Waals surface area (Å²) in [5, 5.41) is 4.66. The molecule has 18 heteroatoms. The van der Waals surface area contributed by atoms with E-state index in [4.69, 9.17) is 17.2 Å². The Bertz CT molecular complexity index is 1210. The molecule has 1 aromatic carbocycles. The van der Waals surface area contributed by atoms with Crippen LogP contribution in [0.5, 0.6) is 0 Å². The Hall–Kier alpha value is -3.77. The van der Waals surface area contributed by atoms with Crippen LogP contribution in [0, 0.1) is 0 Å². The van der Waals surface area contributed by atoms with E-state index in [0.29, 0.717) is 18.4 Å². The SMILES string of the molecule is NCCCC[C@@H](NC(=O)C(CCC(F)(F)F)NC(=O)[C@H](N)Cc1ccccc1)C(=O)N1CCC(N)(C(=O)OC(=O)C(F)(F)F)CC1. The van der Waals surface area contributed by atoms with Crippen molar-refractivity contribution >= 4 is 29.7 Å². The lowest BCUT2D eigenvalue weighted by molar-refractivity contribution is -0.204. The summed E-state index contributed by atoms with van der Waals surface area (Å²) >= 11 is 0. The molecule has 258 valence electrons. The number of halogens is 6. The topological polar surface area (TPSA) is 200 Å². The van der Waals surface area contributed by atoms with E-state index >= 15 is 0 Å². The zero-order chi connectivity index (χ0) is 34.7. The summed E-state index contributed by atoms with van der Waals surface area (Å²) in [5.41, 5.74) is 16.0. The standard InChI is InChI=1S/C28H38F6N6O6/c29-27(30,31)10-9-19(38-21(41)18(36)16-17-6-2-1-3-7-17)22(42)39-20(8-4-5-13-35)23(43)40-14-11-26(37,12-15-40)24(44)46-25(45)28(32,33)34/h1-3,6-7,18-20H,4-5,8-16,35-37H2,(H,38,41)(H,39,42)/t18-,19?,20-/m1/s1. The van der Waals surface area contributed by atoms with Gasteiger partial charge in [-0.1, -0.05) is 30.3 Å². The number of hydrogen-bond donors (Lipinski definition) is 5. The van der Waals surface area contributed by atoms with Crippen LogP contribution in [0.25, 0.3) is 0 Å². The Balaban J connectivity index is 2.14. The van der Waals surface area contributed by atoms with E-state index in [9.17, 15) is 50.3 Å². The van der Waals surface area contributed by atoms with Crippen LogP contribution in [0.15, 0.2) is 30.3 Å². The van der Waals surface area contributed by atoms with Gasteiger partial charge in [-0.2, -0.15) is 26.3 Å². The predicted molar refractivity (Wildman–Crippen MR) is 150 cm³/mol. The van der Waals surface area contributed by atoms with E-state index in [1.807, 2.05) is 0 Å². The zero-order valence-electron chi connectivity index (χ0n) is 24.8. The van der Waals surface area contributed by atoms with Crippen LogP contribution < -0.4 is 27.8 Å². The molecule has 1 fully saturated rings. The number of nitrogens with one attached hydrogen (secondary N) is 2. The van der Waals surface area contributed by atoms with E-state index in [-0.39, 0.29) is 32.5 Å². The number of unbranched alkanes of at least 4 members (excludes halogenated alkanes) is 1. The average molecular weight is 669 g/mol. The fourth-order valence-corrected chi connectivity index (χ4v) is 4.63. The molecule has 0 saturated carbocycles. The number of likely N-dealkylation sites (tertiary alicyclic amines) is 1. The summed E-state index contributed by atoms with van der Waals surface area (Å²) in [5.74, 6) is -7.03. The van der Waals surface area contributed by atoms with Gasteiger partial charge in [-0.05, 0) is 57.1 Å². The third-order valence-electron chi connectivity index (χ3n) is 7.34. The Labute approximate surface area is 260 Å². The number of carbonyl (C=O) groups is 5. The van der Waals surface area contributed by atoms with Gasteiger partial charge in [0.1, 0.15) is 17.6 Å². The smallest absolute Gasteiger partial charge is 0.385 e. The van der Waals surface area contributed by atoms with Gasteiger partial charge in [0.25, 0.3) is 0 Å². The summed E-state index contributed by atoms with van der Waals surface area (Å²) in [6, 6.07) is 4.33. The molecule has 3 atom stereocenters. The fourth-order valence-electron chi connectivity index (χ4n) is 4.63. The summed E-state index contributed by atoms with van der Waals surface area (Å²) in [6.07, 6.45) is -12.4. The van der Waals surface area contributed by atoms with E-state index in [0.717, 1.165) is 4.90 Å². The molecule has 1 aliphatic rings. The maximum absolute atomic E-state index is 13.4. The number of rotatable bonds is 14. The minimum Gasteiger partial charge on any atom is -0.385 e. The first-order valence-corrected chi connectivity index (χ1v) is 14.4. The van der Waals surface area contributed by atoms with Gasteiger partial charge in [0.05, 0.1) is 6.04 Å². The van der Waals surface area contributed by atoms with Crippen LogP contribution in [0.2, 0.25) is 0 Å². The summed E-state index contributed by atoms with van der Waals surface area (Å²) in [4.78, 5) is 63.9. The van der Waals surface area contributed by atoms with E-state index < -0.39 is 91.4 Å². The van der Waals surface area contributed by atoms with Crippen molar-refractivity contribution in [1.29, 1.82) is 0 Å². The quantitative estimate of drug-likeness (QED) is 0.0829. The van der Waals surface area contributed by atoms with Gasteiger partial charge in [-0.15, -0.1) is 0 Å². The number of carbonyl (C=O) groups excluding carboxylic acids is 5. The number of alkyl halides is 6. The number of esters is 2. The van der Waals surface area contributed by atoms with E-state index in [2.05, 4.69) is 15.4 Å². The highest BCUT2D eigenvalue weighted by Crippen LogP contribution is 2.25. The molecule has 46 heavy (non-hydrogen) atoms. The van der Waals surface area contributed by atoms with Crippen molar-refractivity contribution in [2.24, 2.45) is 17.2 Å². The molecule has 0 spiro atoms. The van der Waals surface area contributed by atoms with Gasteiger partial charge in [-0.3, -0.25) is 14.4 Å². The maximum atomic E-state index is 13.4. The first-order chi connectivity index (χ1) is 21.4. The van der Waals surface area contributed by atoms with Crippen molar-refractivity contribution in [2.45, 2.75) is 87.4 Å². The Kier molecular flexibility index (Phi) is 13.9. The maximum Gasteiger partial charge on any atom is 0.491 e. The van der Waals surface area contributed by atoms with Crippen molar-refractivity contribution < 1.29 is 55.1 Å². The lowest BCUT2D eigenvalue weighted by Gasteiger charge is -2.38. The van der Waals surface area contributed by atoms with Crippen molar-refractivity contribution in [3.63, 3.8) is 0 Å². The highest BCUT2D eigenvalue weighted by Gasteiger charge is 2.48. The Morgan fingerprint density at radius 1 is 0.891 bits per heavy atom. The Morgan fingerprint density at radius 3 is 2.02 bits per heavy atom. The third-order valence-corrected chi connectivity index (χ3v) is 7.34. The number of hydrogen-bond acceptors (Lipinski definition) is 9. The minimum atomic E-state index is -5.43. The molecule has 3 amide bonds. The summed E-state index contributed by atoms with van der Waals surface area (Å²) in [6.45, 7) is -0.330. The minimum absolute atomic E-state index is 0.00161. The largest absolute Gasteiger partial charge is 0.491 e. The molecular formula is C28H38F6N6O6. The van der Waals surface area contributed by atoms with Crippen LogP contribution in [-0.4, -0.2) is 90.2 Å². The molecular weight excluding hydrogens is 630 g/mol. The second kappa shape index (κ2) is 16.7. The van der Waals surface area contributed by atoms with Crippen LogP contribution in [0.3, 0.4) is 0 Å². The summed E-state index contributed by atoms with van der Waals surface area (Å²) < 4.78 is 80.6. The lowest BCUT2D eigenvalue weighted by Crippen LogP contribution is -2.61. The molecule has 2 rings (SSSR count). The number of benzene rings is 1. The third kappa shape index (κ3) is 12.2. The van der Waals surface area contributed by atoms with Crippen LogP contribution in [0.1, 0.15) is 50.5 Å². The lowest BCUT2D eigenvalue weighted by atomic mass is 9.88. The Morgan fingerprint density at radius 2 is 1.48 bits per heavy atom. The molecule has 0 bridgehead atoms. The second-order valence-electron chi connectivity index (χ2n) is 11.0. The molecule has 0 aliphatic carbocycles. The van der Waals surface area contributed by atoms with Gasteiger partial charge in [-0.25, -0.2) is 9.59 Å². The van der Waals surface area contributed by atoms with Crippen LogP contribution in [-0.2, 0) is 35.1 Å². The van der Waals surface area contributed by atoms with Gasteiger partial charge >= 0.3 is 24.3 Å². The fraction of sp³-hybridized carbons (Fsp3) is 0.607. The molecule has 0 aromatic heterocycles. The van der Waals surface area contributed by atoms with Gasteiger partial charge in [0.2, 0.25) is 17.7 Å². The second-order valence-corrected chi connectivity index (χ2v) is 11.0. The van der Waals surface area contributed by atoms with Gasteiger partial charge in [0, 0.05) is 19.5 Å². The van der Waals surface area contributed by atoms with Crippen LogP contribution in [0.4, 0.5) is 26.3 Å². The highest BCUT2D eigenvalue weighted by molar-refractivity contribution is 5.94. The molecule has 1 unspecified atom stereocenters. The normalized spacial score (nSPS) is 16.9. The average Bonchev–Trinajstić information content (AvgIpc) is 2.98. The molecule has 1 saturated heterocycles. The van der Waals surface area contributed by atoms with Crippen molar-refractivity contribution in [2.75, 3.05) is 19.6 Å². The van der Waals surface area contributed by atoms with Gasteiger partial charge in [0.15, 0.2) is 0 Å². The number of ether oxygens (including phenoxy) is 1. The van der Waals surface area contributed by atoms with Crippen molar-refractivity contribution in [1.82, 2.24) is 15.5 Å². The van der Waals surface area contributed by atoms with E-state index in [1.165, 1.54) is 0 Å². The van der Waals surface area contributed by atoms with Crippen molar-refractivity contribution in [3.8, 4) is 0 Å². The highest BCUT2D eigenvalue weighted by atomic mass is 19.4.